The van der Waals surface area contributed by atoms with Crippen LogP contribution in [0.5, 0.6) is 5.75 Å². The van der Waals surface area contributed by atoms with E-state index >= 15 is 0 Å². The summed E-state index contributed by atoms with van der Waals surface area (Å²) in [5.74, 6) is -0.0643. The lowest BCUT2D eigenvalue weighted by atomic mass is 10.1. The second-order valence-corrected chi connectivity index (χ2v) is 6.39. The highest BCUT2D eigenvalue weighted by atomic mass is 16.3. The van der Waals surface area contributed by atoms with Crippen molar-refractivity contribution in [2.75, 3.05) is 5.32 Å². The summed E-state index contributed by atoms with van der Waals surface area (Å²) >= 11 is 0. The number of rotatable bonds is 4. The first-order valence-electron chi connectivity index (χ1n) is 8.27. The van der Waals surface area contributed by atoms with Gasteiger partial charge < -0.3 is 10.4 Å². The number of anilines is 1. The van der Waals surface area contributed by atoms with E-state index in [1.54, 1.807) is 12.1 Å². The number of hydrogen-bond acceptors (Lipinski definition) is 4. The van der Waals surface area contributed by atoms with Crippen LogP contribution in [0.25, 0.3) is 5.65 Å². The summed E-state index contributed by atoms with van der Waals surface area (Å²) in [6, 6.07) is 7.12. The number of amides is 1. The van der Waals surface area contributed by atoms with Gasteiger partial charge in [-0.05, 0) is 57.4 Å². The first-order valence-corrected chi connectivity index (χ1v) is 8.27. The number of phenols is 1. The van der Waals surface area contributed by atoms with E-state index in [1.165, 1.54) is 0 Å². The largest absolute Gasteiger partial charge is 0.506 e. The fourth-order valence-electron chi connectivity index (χ4n) is 3.00. The smallest absolute Gasteiger partial charge is 0.224 e. The van der Waals surface area contributed by atoms with Crippen LogP contribution in [0.1, 0.15) is 34.6 Å². The van der Waals surface area contributed by atoms with E-state index in [1.807, 2.05) is 44.3 Å². The molecular formula is C19H22N4O2. The van der Waals surface area contributed by atoms with Gasteiger partial charge in [-0.2, -0.15) is 5.10 Å². The number of carbonyl (C=O) groups excluding carboxylic acids is 1. The van der Waals surface area contributed by atoms with Gasteiger partial charge in [-0.15, -0.1) is 0 Å². The molecule has 1 aromatic carbocycles. The lowest BCUT2D eigenvalue weighted by molar-refractivity contribution is -0.116. The van der Waals surface area contributed by atoms with Crippen LogP contribution in [-0.2, 0) is 11.2 Å². The third-order valence-corrected chi connectivity index (χ3v) is 4.32. The van der Waals surface area contributed by atoms with Crippen LogP contribution in [0.2, 0.25) is 0 Å². The maximum Gasteiger partial charge on any atom is 0.224 e. The molecule has 1 amide bonds. The average molecular weight is 338 g/mol. The van der Waals surface area contributed by atoms with Crippen LogP contribution < -0.4 is 5.32 Å². The molecule has 0 radical (unpaired) electrons. The number of carbonyl (C=O) groups is 1. The molecule has 6 heteroatoms. The number of nitrogens with one attached hydrogen (secondary N) is 1. The van der Waals surface area contributed by atoms with Crippen molar-refractivity contribution in [3.05, 3.63) is 52.5 Å². The number of nitrogens with zero attached hydrogens (tertiary/aromatic N) is 3. The number of benzene rings is 1. The van der Waals surface area contributed by atoms with Gasteiger partial charge in [-0.3, -0.25) is 4.79 Å². The van der Waals surface area contributed by atoms with Gasteiger partial charge in [0.05, 0.1) is 11.4 Å². The molecule has 130 valence electrons. The Kier molecular flexibility index (Phi) is 4.44. The molecule has 3 aromatic rings. The van der Waals surface area contributed by atoms with E-state index in [9.17, 15) is 9.90 Å². The molecule has 0 saturated carbocycles. The molecule has 0 spiro atoms. The number of fused-ring (bicyclic) bond motifs is 1. The van der Waals surface area contributed by atoms with Crippen LogP contribution in [0.15, 0.2) is 24.3 Å². The minimum absolute atomic E-state index is 0.0795. The van der Waals surface area contributed by atoms with E-state index in [4.69, 9.17) is 0 Å². The summed E-state index contributed by atoms with van der Waals surface area (Å²) in [6.07, 6.45) is 0.875. The molecule has 0 aliphatic carbocycles. The predicted octanol–water partition coefficient (Wildman–Crippen LogP) is 3.24. The fraction of sp³-hybridized carbons (Fsp3) is 0.316. The van der Waals surface area contributed by atoms with Crippen molar-refractivity contribution in [2.24, 2.45) is 0 Å². The van der Waals surface area contributed by atoms with Gasteiger partial charge in [-0.25, -0.2) is 9.50 Å². The summed E-state index contributed by atoms with van der Waals surface area (Å²) < 4.78 is 1.82. The van der Waals surface area contributed by atoms with Crippen molar-refractivity contribution in [1.82, 2.24) is 14.6 Å². The fourth-order valence-corrected chi connectivity index (χ4v) is 3.00. The molecular weight excluding hydrogens is 316 g/mol. The molecule has 0 fully saturated rings. The molecule has 6 nitrogen and oxygen atoms in total. The van der Waals surface area contributed by atoms with Gasteiger partial charge in [-0.1, -0.05) is 6.07 Å². The molecule has 25 heavy (non-hydrogen) atoms. The molecule has 0 unspecified atom stereocenters. The molecule has 0 saturated heterocycles. The highest BCUT2D eigenvalue weighted by Gasteiger charge is 2.13. The number of hydrogen-bond donors (Lipinski definition) is 2. The number of aryl methyl sites for hydroxylation is 4. The van der Waals surface area contributed by atoms with E-state index in [-0.39, 0.29) is 11.7 Å². The van der Waals surface area contributed by atoms with Gasteiger partial charge in [0, 0.05) is 23.9 Å². The maximum atomic E-state index is 12.2. The minimum atomic E-state index is -0.144. The number of phenolic OH excluding ortho intramolecular Hbond substituents is 1. The standard InChI is InChI=1S/C19H22N4O2/c1-11-5-7-16(17(24)9-11)21-19(25)8-6-15-13(3)20-18-10-12(2)22-23(18)14(15)4/h5,7,9-10,24H,6,8H2,1-4H3,(H,21,25). The summed E-state index contributed by atoms with van der Waals surface area (Å²) in [4.78, 5) is 16.8. The van der Waals surface area contributed by atoms with Crippen molar-refractivity contribution < 1.29 is 9.90 Å². The Bertz CT molecular complexity index is 960. The Morgan fingerprint density at radius 2 is 1.96 bits per heavy atom. The Labute approximate surface area is 146 Å². The topological polar surface area (TPSA) is 79.5 Å². The van der Waals surface area contributed by atoms with Crippen LogP contribution in [0.4, 0.5) is 5.69 Å². The Morgan fingerprint density at radius 3 is 2.68 bits per heavy atom. The molecule has 0 aliphatic heterocycles. The van der Waals surface area contributed by atoms with Gasteiger partial charge in [0.15, 0.2) is 5.65 Å². The van der Waals surface area contributed by atoms with Crippen molar-refractivity contribution in [2.45, 2.75) is 40.5 Å². The quantitative estimate of drug-likeness (QED) is 0.716. The zero-order valence-corrected chi connectivity index (χ0v) is 14.9. The molecule has 0 bridgehead atoms. The zero-order valence-electron chi connectivity index (χ0n) is 14.9. The first-order chi connectivity index (χ1) is 11.8. The van der Waals surface area contributed by atoms with E-state index in [0.29, 0.717) is 18.5 Å². The molecule has 2 heterocycles. The summed E-state index contributed by atoms with van der Waals surface area (Å²) in [5, 5.41) is 17.1. The van der Waals surface area contributed by atoms with Crippen molar-refractivity contribution in [1.29, 1.82) is 0 Å². The molecule has 0 aliphatic rings. The third kappa shape index (κ3) is 3.47. The summed E-state index contributed by atoms with van der Waals surface area (Å²) in [6.45, 7) is 7.77. The summed E-state index contributed by atoms with van der Waals surface area (Å²) in [7, 11) is 0. The highest BCUT2D eigenvalue weighted by Crippen LogP contribution is 2.24. The highest BCUT2D eigenvalue weighted by molar-refractivity contribution is 5.92. The van der Waals surface area contributed by atoms with Crippen molar-refractivity contribution in [3.8, 4) is 5.75 Å². The molecule has 2 aromatic heterocycles. The van der Waals surface area contributed by atoms with Crippen molar-refractivity contribution >= 4 is 17.2 Å². The molecule has 2 N–H and O–H groups in total. The molecule has 3 rings (SSSR count). The summed E-state index contributed by atoms with van der Waals surface area (Å²) in [5.41, 5.74) is 6.05. The van der Waals surface area contributed by atoms with Gasteiger partial charge in [0.2, 0.25) is 5.91 Å². The first kappa shape index (κ1) is 17.0. The minimum Gasteiger partial charge on any atom is -0.506 e. The van der Waals surface area contributed by atoms with Gasteiger partial charge in [0.1, 0.15) is 5.75 Å². The van der Waals surface area contributed by atoms with E-state index in [2.05, 4.69) is 15.4 Å². The second kappa shape index (κ2) is 6.55. The Hall–Kier alpha value is -2.89. The van der Waals surface area contributed by atoms with Gasteiger partial charge in [0.25, 0.3) is 0 Å². The monoisotopic (exact) mass is 338 g/mol. The van der Waals surface area contributed by atoms with Crippen LogP contribution in [-0.4, -0.2) is 25.6 Å². The van der Waals surface area contributed by atoms with Crippen LogP contribution in [0.3, 0.4) is 0 Å². The number of aromatic hydroxyl groups is 1. The van der Waals surface area contributed by atoms with Crippen LogP contribution in [0, 0.1) is 27.7 Å². The molecule has 0 atom stereocenters. The average Bonchev–Trinajstić information content (AvgIpc) is 2.90. The van der Waals surface area contributed by atoms with Crippen LogP contribution >= 0.6 is 0 Å². The lowest BCUT2D eigenvalue weighted by Gasteiger charge is -2.12. The Morgan fingerprint density at radius 1 is 1.20 bits per heavy atom. The predicted molar refractivity (Wildman–Crippen MR) is 97.0 cm³/mol. The second-order valence-electron chi connectivity index (χ2n) is 6.39. The van der Waals surface area contributed by atoms with Gasteiger partial charge >= 0.3 is 0 Å². The SMILES string of the molecule is Cc1ccc(NC(=O)CCc2c(C)nc3cc(C)nn3c2C)c(O)c1. The lowest BCUT2D eigenvalue weighted by Crippen LogP contribution is -2.14. The number of aromatic nitrogens is 3. The van der Waals surface area contributed by atoms with E-state index < -0.39 is 0 Å². The zero-order chi connectivity index (χ0) is 18.1. The van der Waals surface area contributed by atoms with E-state index in [0.717, 1.165) is 33.9 Å². The normalized spacial score (nSPS) is 11.0. The Balaban J connectivity index is 1.74. The van der Waals surface area contributed by atoms with Crippen molar-refractivity contribution in [3.63, 3.8) is 0 Å². The maximum absolute atomic E-state index is 12.2. The third-order valence-electron chi connectivity index (χ3n) is 4.32.